The Morgan fingerprint density at radius 3 is 3.00 bits per heavy atom. The van der Waals surface area contributed by atoms with Crippen LogP contribution in [0.3, 0.4) is 0 Å². The molecule has 1 aromatic carbocycles. The third kappa shape index (κ3) is 2.41. The zero-order valence-electron chi connectivity index (χ0n) is 8.53. The van der Waals surface area contributed by atoms with Crippen molar-refractivity contribution in [1.82, 2.24) is 5.32 Å². The molecule has 1 aromatic rings. The molecule has 0 aliphatic carbocycles. The van der Waals surface area contributed by atoms with Gasteiger partial charge in [-0.25, -0.2) is 0 Å². The minimum atomic E-state index is 0.149. The fourth-order valence-corrected chi connectivity index (χ4v) is 3.21. The van der Waals surface area contributed by atoms with E-state index in [1.807, 2.05) is 23.9 Å². The number of hydrogen-bond donors (Lipinski definition) is 2. The van der Waals surface area contributed by atoms with Crippen molar-refractivity contribution in [1.29, 1.82) is 0 Å². The maximum atomic E-state index is 9.33. The van der Waals surface area contributed by atoms with Gasteiger partial charge in [0.15, 0.2) is 0 Å². The number of phenols is 1. The molecule has 1 aliphatic rings. The summed E-state index contributed by atoms with van der Waals surface area (Å²) in [6.07, 6.45) is 1.15. The quantitative estimate of drug-likeness (QED) is 0.837. The van der Waals surface area contributed by atoms with Crippen LogP contribution in [0.1, 0.15) is 24.3 Å². The maximum absolute atomic E-state index is 9.33. The molecular formula is C11H14ClNOS. The second kappa shape index (κ2) is 4.64. The van der Waals surface area contributed by atoms with Crippen LogP contribution in [0.25, 0.3) is 0 Å². The molecule has 0 bridgehead atoms. The minimum Gasteiger partial charge on any atom is -0.506 e. The van der Waals surface area contributed by atoms with E-state index in [1.165, 1.54) is 0 Å². The zero-order chi connectivity index (χ0) is 10.8. The van der Waals surface area contributed by atoms with Crippen LogP contribution in [-0.4, -0.2) is 16.9 Å². The van der Waals surface area contributed by atoms with Crippen molar-refractivity contribution >= 4 is 23.4 Å². The molecule has 1 aliphatic heterocycles. The number of aromatic hydroxyl groups is 1. The SMILES string of the molecule is CCC1CSC(c2ccc(O)c(Cl)c2)N1. The molecule has 4 heteroatoms. The highest BCUT2D eigenvalue weighted by atomic mass is 35.5. The van der Waals surface area contributed by atoms with Crippen LogP contribution in [-0.2, 0) is 0 Å². The van der Waals surface area contributed by atoms with E-state index in [0.29, 0.717) is 16.4 Å². The maximum Gasteiger partial charge on any atom is 0.134 e. The smallest absolute Gasteiger partial charge is 0.134 e. The third-order valence-corrected chi connectivity index (χ3v) is 4.26. The molecule has 0 saturated carbocycles. The summed E-state index contributed by atoms with van der Waals surface area (Å²) in [5, 5.41) is 13.6. The summed E-state index contributed by atoms with van der Waals surface area (Å²) in [4.78, 5) is 0. The summed E-state index contributed by atoms with van der Waals surface area (Å²) in [7, 11) is 0. The van der Waals surface area contributed by atoms with E-state index in [4.69, 9.17) is 11.6 Å². The number of hydrogen-bond acceptors (Lipinski definition) is 3. The first-order chi connectivity index (χ1) is 7.20. The molecule has 2 atom stereocenters. The molecule has 1 fully saturated rings. The average Bonchev–Trinajstić information content (AvgIpc) is 2.70. The van der Waals surface area contributed by atoms with Crippen LogP contribution in [0.4, 0.5) is 0 Å². The van der Waals surface area contributed by atoms with Crippen LogP contribution in [0.2, 0.25) is 5.02 Å². The Labute approximate surface area is 99.0 Å². The van der Waals surface area contributed by atoms with Gasteiger partial charge in [0.05, 0.1) is 10.4 Å². The van der Waals surface area contributed by atoms with Crippen molar-refractivity contribution in [2.75, 3.05) is 5.75 Å². The van der Waals surface area contributed by atoms with Gasteiger partial charge in [0.2, 0.25) is 0 Å². The van der Waals surface area contributed by atoms with Gasteiger partial charge in [-0.15, -0.1) is 11.8 Å². The highest BCUT2D eigenvalue weighted by molar-refractivity contribution is 7.99. The fraction of sp³-hybridized carbons (Fsp3) is 0.455. The summed E-state index contributed by atoms with van der Waals surface area (Å²) in [5.41, 5.74) is 1.14. The molecule has 15 heavy (non-hydrogen) atoms. The Morgan fingerprint density at radius 2 is 2.40 bits per heavy atom. The molecule has 1 heterocycles. The second-order valence-electron chi connectivity index (χ2n) is 3.70. The molecule has 0 spiro atoms. The Kier molecular flexibility index (Phi) is 3.44. The highest BCUT2D eigenvalue weighted by Crippen LogP contribution is 2.36. The van der Waals surface area contributed by atoms with Crippen molar-refractivity contribution in [3.63, 3.8) is 0 Å². The molecule has 2 unspecified atom stereocenters. The first kappa shape index (κ1) is 11.1. The molecule has 1 saturated heterocycles. The Morgan fingerprint density at radius 1 is 1.60 bits per heavy atom. The van der Waals surface area contributed by atoms with Gasteiger partial charge < -0.3 is 5.11 Å². The Bertz CT molecular complexity index is 358. The van der Waals surface area contributed by atoms with Crippen LogP contribution in [0, 0.1) is 0 Å². The van der Waals surface area contributed by atoms with E-state index in [-0.39, 0.29) is 5.75 Å². The number of phenolic OH excluding ortho intramolecular Hbond substituents is 1. The van der Waals surface area contributed by atoms with E-state index < -0.39 is 0 Å². The van der Waals surface area contributed by atoms with Crippen LogP contribution < -0.4 is 5.32 Å². The van der Waals surface area contributed by atoms with E-state index in [1.54, 1.807) is 6.07 Å². The predicted octanol–water partition coefficient (Wildman–Crippen LogP) is 3.16. The number of nitrogens with one attached hydrogen (secondary N) is 1. The van der Waals surface area contributed by atoms with Crippen molar-refractivity contribution in [3.8, 4) is 5.75 Å². The Hall–Kier alpha value is -0.380. The lowest BCUT2D eigenvalue weighted by atomic mass is 10.2. The Balaban J connectivity index is 2.13. The molecule has 2 N–H and O–H groups in total. The second-order valence-corrected chi connectivity index (χ2v) is 5.24. The van der Waals surface area contributed by atoms with Gasteiger partial charge in [0.1, 0.15) is 5.75 Å². The van der Waals surface area contributed by atoms with Gasteiger partial charge in [-0.1, -0.05) is 24.6 Å². The number of halogens is 1. The van der Waals surface area contributed by atoms with Crippen LogP contribution >= 0.6 is 23.4 Å². The predicted molar refractivity (Wildman–Crippen MR) is 65.5 cm³/mol. The molecule has 0 amide bonds. The first-order valence-electron chi connectivity index (χ1n) is 5.06. The lowest BCUT2D eigenvalue weighted by Crippen LogP contribution is -2.24. The normalized spacial score (nSPS) is 25.7. The average molecular weight is 244 g/mol. The van der Waals surface area contributed by atoms with Crippen molar-refractivity contribution in [2.24, 2.45) is 0 Å². The number of thioether (sulfide) groups is 1. The van der Waals surface area contributed by atoms with Gasteiger partial charge in [-0.2, -0.15) is 0 Å². The van der Waals surface area contributed by atoms with Gasteiger partial charge in [0, 0.05) is 11.8 Å². The standard InChI is InChI=1S/C11H14ClNOS/c1-2-8-6-15-11(13-8)7-3-4-10(14)9(12)5-7/h3-5,8,11,13-14H,2,6H2,1H3. The lowest BCUT2D eigenvalue weighted by molar-refractivity contribution is 0.475. The molecule has 2 nitrogen and oxygen atoms in total. The van der Waals surface area contributed by atoms with Crippen molar-refractivity contribution in [3.05, 3.63) is 28.8 Å². The molecular weight excluding hydrogens is 230 g/mol. The highest BCUT2D eigenvalue weighted by Gasteiger charge is 2.24. The van der Waals surface area contributed by atoms with E-state index in [2.05, 4.69) is 12.2 Å². The summed E-state index contributed by atoms with van der Waals surface area (Å²) < 4.78 is 0. The molecule has 0 radical (unpaired) electrons. The van der Waals surface area contributed by atoms with Crippen molar-refractivity contribution in [2.45, 2.75) is 24.8 Å². The van der Waals surface area contributed by atoms with Crippen LogP contribution in [0.15, 0.2) is 18.2 Å². The van der Waals surface area contributed by atoms with E-state index in [0.717, 1.165) is 17.7 Å². The van der Waals surface area contributed by atoms with Crippen molar-refractivity contribution < 1.29 is 5.11 Å². The minimum absolute atomic E-state index is 0.149. The fourth-order valence-electron chi connectivity index (χ4n) is 1.64. The third-order valence-electron chi connectivity index (χ3n) is 2.62. The lowest BCUT2D eigenvalue weighted by Gasteiger charge is -2.12. The first-order valence-corrected chi connectivity index (χ1v) is 6.49. The van der Waals surface area contributed by atoms with E-state index >= 15 is 0 Å². The monoisotopic (exact) mass is 243 g/mol. The topological polar surface area (TPSA) is 32.3 Å². The zero-order valence-corrected chi connectivity index (χ0v) is 10.1. The molecule has 0 aromatic heterocycles. The van der Waals surface area contributed by atoms with Gasteiger partial charge in [-0.05, 0) is 24.1 Å². The summed E-state index contributed by atoms with van der Waals surface area (Å²) in [6, 6.07) is 6.00. The summed E-state index contributed by atoms with van der Waals surface area (Å²) >= 11 is 7.77. The number of benzene rings is 1. The van der Waals surface area contributed by atoms with Gasteiger partial charge >= 0.3 is 0 Å². The summed E-state index contributed by atoms with van der Waals surface area (Å²) in [6.45, 7) is 2.18. The largest absolute Gasteiger partial charge is 0.506 e. The van der Waals surface area contributed by atoms with Gasteiger partial charge in [0.25, 0.3) is 0 Å². The summed E-state index contributed by atoms with van der Waals surface area (Å²) in [5.74, 6) is 1.29. The molecule has 2 rings (SSSR count). The van der Waals surface area contributed by atoms with E-state index in [9.17, 15) is 5.11 Å². The number of rotatable bonds is 2. The van der Waals surface area contributed by atoms with Crippen LogP contribution in [0.5, 0.6) is 5.75 Å². The van der Waals surface area contributed by atoms with Gasteiger partial charge in [-0.3, -0.25) is 5.32 Å². The molecule has 82 valence electrons.